The lowest BCUT2D eigenvalue weighted by Crippen LogP contribution is -1.89. The zero-order valence-electron chi connectivity index (χ0n) is 9.77. The number of hydrogen-bond acceptors (Lipinski definition) is 3. The average molecular weight is 243 g/mol. The van der Waals surface area contributed by atoms with Crippen LogP contribution >= 0.6 is 11.3 Å². The number of aromatic nitrogens is 3. The van der Waals surface area contributed by atoms with Crippen LogP contribution < -0.4 is 0 Å². The predicted octanol–water partition coefficient (Wildman–Crippen LogP) is 3.81. The Kier molecular flexibility index (Phi) is 2.44. The lowest BCUT2D eigenvalue weighted by atomic mass is 10.1. The summed E-state index contributed by atoms with van der Waals surface area (Å²) in [7, 11) is 0. The van der Waals surface area contributed by atoms with Crippen LogP contribution in [-0.4, -0.2) is 15.2 Å². The van der Waals surface area contributed by atoms with Gasteiger partial charge >= 0.3 is 0 Å². The molecule has 3 nitrogen and oxygen atoms in total. The fourth-order valence-electron chi connectivity index (χ4n) is 1.80. The standard InChI is InChI=1S/C13H13N3S/c1-8(2)12-14-13(16-15-12)10-7-17-11-6-4-3-5-9(10)11/h3-8H,1-2H3,(H,14,15,16). The molecule has 0 spiro atoms. The van der Waals surface area contributed by atoms with E-state index in [9.17, 15) is 0 Å². The monoisotopic (exact) mass is 243 g/mol. The molecule has 3 aromatic rings. The molecule has 0 bridgehead atoms. The first-order valence-corrected chi connectivity index (χ1v) is 6.52. The molecular formula is C13H13N3S. The van der Waals surface area contributed by atoms with Crippen LogP contribution in [0.2, 0.25) is 0 Å². The first kappa shape index (κ1) is 10.5. The first-order chi connectivity index (χ1) is 8.25. The van der Waals surface area contributed by atoms with Crippen LogP contribution in [-0.2, 0) is 0 Å². The number of nitrogens with one attached hydrogen (secondary N) is 1. The number of rotatable bonds is 2. The Labute approximate surface area is 104 Å². The fraction of sp³-hybridized carbons (Fsp3) is 0.231. The summed E-state index contributed by atoms with van der Waals surface area (Å²) in [6.07, 6.45) is 0. The van der Waals surface area contributed by atoms with Gasteiger partial charge in [0.05, 0.1) is 0 Å². The molecule has 0 aliphatic rings. The van der Waals surface area contributed by atoms with Crippen molar-refractivity contribution >= 4 is 21.4 Å². The number of nitrogens with zero attached hydrogens (tertiary/aromatic N) is 2. The number of thiophene rings is 1. The van der Waals surface area contributed by atoms with Crippen molar-refractivity contribution in [3.05, 3.63) is 35.5 Å². The van der Waals surface area contributed by atoms with E-state index in [2.05, 4.69) is 58.7 Å². The number of H-pyrrole nitrogens is 1. The van der Waals surface area contributed by atoms with Crippen molar-refractivity contribution in [1.82, 2.24) is 15.2 Å². The van der Waals surface area contributed by atoms with Gasteiger partial charge in [0.1, 0.15) is 5.82 Å². The Morgan fingerprint density at radius 2 is 2.06 bits per heavy atom. The minimum absolute atomic E-state index is 0.376. The highest BCUT2D eigenvalue weighted by atomic mass is 32.1. The van der Waals surface area contributed by atoms with Crippen molar-refractivity contribution in [2.24, 2.45) is 0 Å². The van der Waals surface area contributed by atoms with Crippen molar-refractivity contribution in [3.8, 4) is 11.4 Å². The normalized spacial score (nSPS) is 11.5. The second kappa shape index (κ2) is 3.96. The maximum absolute atomic E-state index is 4.54. The molecule has 17 heavy (non-hydrogen) atoms. The fourth-order valence-corrected chi connectivity index (χ4v) is 2.74. The second-order valence-electron chi connectivity index (χ2n) is 4.34. The molecule has 3 rings (SSSR count). The maximum atomic E-state index is 4.54. The molecule has 2 aromatic heterocycles. The molecule has 86 valence electrons. The van der Waals surface area contributed by atoms with E-state index in [1.807, 2.05) is 0 Å². The van der Waals surface area contributed by atoms with E-state index in [-0.39, 0.29) is 0 Å². The van der Waals surface area contributed by atoms with Gasteiger partial charge in [0.25, 0.3) is 0 Å². The molecule has 1 aromatic carbocycles. The minimum Gasteiger partial charge on any atom is -0.262 e. The van der Waals surface area contributed by atoms with Crippen LogP contribution in [0.15, 0.2) is 29.6 Å². The van der Waals surface area contributed by atoms with Crippen LogP contribution in [0.5, 0.6) is 0 Å². The van der Waals surface area contributed by atoms with Crippen LogP contribution in [0, 0.1) is 0 Å². The van der Waals surface area contributed by atoms with E-state index in [1.165, 1.54) is 10.1 Å². The zero-order valence-corrected chi connectivity index (χ0v) is 10.6. The van der Waals surface area contributed by atoms with Crippen LogP contribution in [0.3, 0.4) is 0 Å². The largest absolute Gasteiger partial charge is 0.262 e. The Morgan fingerprint density at radius 3 is 2.82 bits per heavy atom. The third-order valence-electron chi connectivity index (χ3n) is 2.77. The summed E-state index contributed by atoms with van der Waals surface area (Å²) in [4.78, 5) is 4.54. The van der Waals surface area contributed by atoms with E-state index in [4.69, 9.17) is 0 Å². The van der Waals surface area contributed by atoms with Crippen molar-refractivity contribution in [1.29, 1.82) is 0 Å². The lowest BCUT2D eigenvalue weighted by molar-refractivity contribution is 0.781. The minimum atomic E-state index is 0.376. The van der Waals surface area contributed by atoms with Crippen LogP contribution in [0.4, 0.5) is 0 Å². The summed E-state index contributed by atoms with van der Waals surface area (Å²) < 4.78 is 1.28. The number of hydrogen-bond donors (Lipinski definition) is 1. The van der Waals surface area contributed by atoms with Gasteiger partial charge in [-0.05, 0) is 6.07 Å². The molecule has 0 aliphatic carbocycles. The summed E-state index contributed by atoms with van der Waals surface area (Å²) in [5, 5.41) is 10.7. The molecule has 4 heteroatoms. The van der Waals surface area contributed by atoms with Gasteiger partial charge in [0.2, 0.25) is 0 Å². The number of benzene rings is 1. The number of aromatic amines is 1. The van der Waals surface area contributed by atoms with Crippen LogP contribution in [0.25, 0.3) is 21.5 Å². The highest BCUT2D eigenvalue weighted by molar-refractivity contribution is 7.17. The zero-order chi connectivity index (χ0) is 11.8. The van der Waals surface area contributed by atoms with Gasteiger partial charge in [-0.1, -0.05) is 32.0 Å². The van der Waals surface area contributed by atoms with Gasteiger partial charge < -0.3 is 0 Å². The van der Waals surface area contributed by atoms with Gasteiger partial charge in [0, 0.05) is 26.9 Å². The van der Waals surface area contributed by atoms with E-state index in [1.54, 1.807) is 11.3 Å². The van der Waals surface area contributed by atoms with Crippen molar-refractivity contribution in [2.45, 2.75) is 19.8 Å². The van der Waals surface area contributed by atoms with Gasteiger partial charge in [0.15, 0.2) is 5.82 Å². The van der Waals surface area contributed by atoms with E-state index < -0.39 is 0 Å². The molecule has 0 saturated heterocycles. The molecule has 0 aliphatic heterocycles. The van der Waals surface area contributed by atoms with Gasteiger partial charge in [-0.3, -0.25) is 5.10 Å². The Morgan fingerprint density at radius 1 is 1.24 bits per heavy atom. The molecule has 0 unspecified atom stereocenters. The van der Waals surface area contributed by atoms with Crippen LogP contribution in [0.1, 0.15) is 25.6 Å². The van der Waals surface area contributed by atoms with Crippen molar-refractivity contribution < 1.29 is 0 Å². The average Bonchev–Trinajstić information content (AvgIpc) is 2.95. The summed E-state index contributed by atoms with van der Waals surface area (Å²) >= 11 is 1.73. The third kappa shape index (κ3) is 1.74. The highest BCUT2D eigenvalue weighted by Crippen LogP contribution is 2.32. The smallest absolute Gasteiger partial charge is 0.182 e. The molecule has 0 saturated carbocycles. The molecule has 0 atom stereocenters. The van der Waals surface area contributed by atoms with E-state index >= 15 is 0 Å². The quantitative estimate of drug-likeness (QED) is 0.743. The Bertz CT molecular complexity index is 651. The lowest BCUT2D eigenvalue weighted by Gasteiger charge is -1.95. The summed E-state index contributed by atoms with van der Waals surface area (Å²) in [5.41, 5.74) is 1.12. The Balaban J connectivity index is 2.14. The van der Waals surface area contributed by atoms with E-state index in [0.29, 0.717) is 5.92 Å². The highest BCUT2D eigenvalue weighted by Gasteiger charge is 2.12. The van der Waals surface area contributed by atoms with Gasteiger partial charge in [-0.15, -0.1) is 11.3 Å². The topological polar surface area (TPSA) is 41.6 Å². The SMILES string of the molecule is CC(C)c1nc(-c2csc3ccccc23)n[nH]1. The van der Waals surface area contributed by atoms with Crippen molar-refractivity contribution in [2.75, 3.05) is 0 Å². The second-order valence-corrected chi connectivity index (χ2v) is 5.26. The van der Waals surface area contributed by atoms with E-state index in [0.717, 1.165) is 17.2 Å². The molecule has 0 fully saturated rings. The first-order valence-electron chi connectivity index (χ1n) is 5.64. The molecule has 0 radical (unpaired) electrons. The number of fused-ring (bicyclic) bond motifs is 1. The summed E-state index contributed by atoms with van der Waals surface area (Å²) in [6.45, 7) is 4.21. The molecule has 1 N–H and O–H groups in total. The van der Waals surface area contributed by atoms with Crippen molar-refractivity contribution in [3.63, 3.8) is 0 Å². The predicted molar refractivity (Wildman–Crippen MR) is 71.3 cm³/mol. The van der Waals surface area contributed by atoms with Gasteiger partial charge in [-0.2, -0.15) is 5.10 Å². The third-order valence-corrected chi connectivity index (χ3v) is 3.73. The molecule has 2 heterocycles. The molecular weight excluding hydrogens is 230 g/mol. The van der Waals surface area contributed by atoms with Gasteiger partial charge in [-0.25, -0.2) is 4.98 Å². The molecule has 0 amide bonds. The summed E-state index contributed by atoms with van der Waals surface area (Å²) in [5.74, 6) is 2.11. The summed E-state index contributed by atoms with van der Waals surface area (Å²) in [6, 6.07) is 8.35. The Hall–Kier alpha value is -1.68. The maximum Gasteiger partial charge on any atom is 0.182 e.